The van der Waals surface area contributed by atoms with Gasteiger partial charge in [-0.3, -0.25) is 4.79 Å². The lowest BCUT2D eigenvalue weighted by atomic mass is 10.2. The Morgan fingerprint density at radius 1 is 1.00 bits per heavy atom. The van der Waals surface area contributed by atoms with Crippen molar-refractivity contribution in [1.82, 2.24) is 19.7 Å². The van der Waals surface area contributed by atoms with Crippen LogP contribution in [0.2, 0.25) is 5.02 Å². The molecule has 1 amide bonds. The molecule has 1 aromatic heterocycles. The second kappa shape index (κ2) is 8.30. The van der Waals surface area contributed by atoms with E-state index in [9.17, 15) is 43.9 Å². The Kier molecular flexibility index (Phi) is 6.14. The Hall–Kier alpha value is -3.20. The van der Waals surface area contributed by atoms with Gasteiger partial charge in [-0.25, -0.2) is 22.2 Å². The van der Waals surface area contributed by atoms with Gasteiger partial charge in [-0.15, -0.1) is 5.10 Å². The van der Waals surface area contributed by atoms with Gasteiger partial charge in [-0.1, -0.05) is 28.9 Å². The van der Waals surface area contributed by atoms with Crippen LogP contribution in [0.15, 0.2) is 47.4 Å². The number of nitrogens with one attached hydrogen (secondary N) is 1. The highest BCUT2D eigenvalue weighted by Gasteiger charge is 2.44. The molecular formula is C17H8ClF7N4O3S. The molecule has 0 aliphatic rings. The number of carbonyl (C=O) groups is 1. The van der Waals surface area contributed by atoms with Crippen LogP contribution < -0.4 is 4.72 Å². The van der Waals surface area contributed by atoms with Crippen molar-refractivity contribution in [2.75, 3.05) is 0 Å². The zero-order chi connectivity index (χ0) is 24.8. The summed E-state index contributed by atoms with van der Waals surface area (Å²) in [6.45, 7) is 0. The smallest absolute Gasteiger partial charge is 0.266 e. The summed E-state index contributed by atoms with van der Waals surface area (Å²) in [5.74, 6) is -2.91. The number of sulfonamides is 1. The maximum absolute atomic E-state index is 13.7. The minimum Gasteiger partial charge on any atom is -0.266 e. The van der Waals surface area contributed by atoms with Crippen LogP contribution >= 0.6 is 11.6 Å². The van der Waals surface area contributed by atoms with Gasteiger partial charge in [0.25, 0.3) is 15.9 Å². The fourth-order valence-corrected chi connectivity index (χ4v) is 4.10. The average Bonchev–Trinajstić information content (AvgIpc) is 3.12. The molecule has 1 heterocycles. The molecule has 0 atom stereocenters. The van der Waals surface area contributed by atoms with Gasteiger partial charge in [-0.2, -0.15) is 26.3 Å². The van der Waals surface area contributed by atoms with Crippen LogP contribution in [0.25, 0.3) is 5.69 Å². The second-order valence-corrected chi connectivity index (χ2v) is 8.28. The first kappa shape index (κ1) is 24.4. The highest BCUT2D eigenvalue weighted by Crippen LogP contribution is 2.36. The molecule has 0 saturated carbocycles. The fourth-order valence-electron chi connectivity index (χ4n) is 2.67. The maximum atomic E-state index is 13.7. The largest absolute Gasteiger partial charge is 0.435 e. The third kappa shape index (κ3) is 4.93. The third-order valence-corrected chi connectivity index (χ3v) is 5.69. The molecule has 1 N–H and O–H groups in total. The Morgan fingerprint density at radius 3 is 2.21 bits per heavy atom. The molecule has 2 aromatic carbocycles. The molecule has 16 heteroatoms. The number of aromatic nitrogens is 3. The minimum atomic E-state index is -5.36. The third-order valence-electron chi connectivity index (χ3n) is 4.00. The lowest BCUT2D eigenvalue weighted by Crippen LogP contribution is -2.34. The number of alkyl halides is 6. The molecule has 0 saturated heterocycles. The van der Waals surface area contributed by atoms with Gasteiger partial charge >= 0.3 is 12.4 Å². The van der Waals surface area contributed by atoms with Crippen LogP contribution in [-0.2, 0) is 22.4 Å². The van der Waals surface area contributed by atoms with E-state index in [1.807, 2.05) is 0 Å². The predicted octanol–water partition coefficient (Wildman–Crippen LogP) is 4.22. The highest BCUT2D eigenvalue weighted by molar-refractivity contribution is 7.90. The molecule has 0 fully saturated rings. The average molecular weight is 517 g/mol. The molecule has 0 bridgehead atoms. The number of hydrogen-bond acceptors (Lipinski definition) is 5. The van der Waals surface area contributed by atoms with E-state index < -0.39 is 66.7 Å². The normalized spacial score (nSPS) is 12.6. The van der Waals surface area contributed by atoms with E-state index in [0.717, 1.165) is 29.0 Å². The number of amides is 1. The summed E-state index contributed by atoms with van der Waals surface area (Å²) in [6, 6.07) is 4.90. The second-order valence-electron chi connectivity index (χ2n) is 6.22. The molecule has 0 aliphatic heterocycles. The number of rotatable bonds is 4. The van der Waals surface area contributed by atoms with Gasteiger partial charge in [-0.05, 0) is 30.3 Å². The summed E-state index contributed by atoms with van der Waals surface area (Å²) in [5, 5.41) is 5.59. The Balaban J connectivity index is 2.08. The highest BCUT2D eigenvalue weighted by atomic mass is 35.5. The first-order chi connectivity index (χ1) is 15.1. The van der Waals surface area contributed by atoms with Crippen LogP contribution in [0.3, 0.4) is 0 Å². The topological polar surface area (TPSA) is 93.9 Å². The van der Waals surface area contributed by atoms with Crippen molar-refractivity contribution in [3.05, 3.63) is 70.3 Å². The quantitative estimate of drug-likeness (QED) is 0.524. The number of hydrogen-bond donors (Lipinski definition) is 1. The van der Waals surface area contributed by atoms with Crippen LogP contribution in [0.1, 0.15) is 21.7 Å². The van der Waals surface area contributed by atoms with E-state index in [0.29, 0.717) is 18.2 Å². The molecule has 3 rings (SSSR count). The number of nitrogens with zero attached hydrogens (tertiary/aromatic N) is 3. The Bertz CT molecular complexity index is 1340. The van der Waals surface area contributed by atoms with Crippen molar-refractivity contribution in [2.45, 2.75) is 17.2 Å². The summed E-state index contributed by atoms with van der Waals surface area (Å²) in [6.07, 6.45) is -10.5. The summed E-state index contributed by atoms with van der Waals surface area (Å²) in [5.41, 5.74) is -5.67. The first-order valence-corrected chi connectivity index (χ1v) is 10.2. The zero-order valence-corrected chi connectivity index (χ0v) is 17.1. The van der Waals surface area contributed by atoms with Crippen molar-refractivity contribution < 1.29 is 43.9 Å². The van der Waals surface area contributed by atoms with Gasteiger partial charge in [0.1, 0.15) is 5.82 Å². The zero-order valence-electron chi connectivity index (χ0n) is 15.5. The lowest BCUT2D eigenvalue weighted by molar-refractivity contribution is -0.143. The molecule has 3 aromatic rings. The van der Waals surface area contributed by atoms with E-state index >= 15 is 0 Å². The van der Waals surface area contributed by atoms with Crippen LogP contribution in [-0.4, -0.2) is 29.3 Å². The van der Waals surface area contributed by atoms with E-state index in [4.69, 9.17) is 11.6 Å². The Labute approximate surface area is 184 Å². The Morgan fingerprint density at radius 2 is 1.64 bits per heavy atom. The molecule has 0 radical (unpaired) electrons. The summed E-state index contributed by atoms with van der Waals surface area (Å²) < 4.78 is 120. The molecule has 0 spiro atoms. The van der Waals surface area contributed by atoms with Crippen molar-refractivity contribution in [1.29, 1.82) is 0 Å². The van der Waals surface area contributed by atoms with Gasteiger partial charge in [0, 0.05) is 0 Å². The number of carbonyl (C=O) groups excluding carboxylic acids is 1. The van der Waals surface area contributed by atoms with Crippen molar-refractivity contribution >= 4 is 27.5 Å². The van der Waals surface area contributed by atoms with Gasteiger partial charge < -0.3 is 0 Å². The molecule has 33 heavy (non-hydrogen) atoms. The van der Waals surface area contributed by atoms with Gasteiger partial charge in [0.2, 0.25) is 0 Å². The molecule has 7 nitrogen and oxygen atoms in total. The number of benzene rings is 2. The molecule has 176 valence electrons. The van der Waals surface area contributed by atoms with E-state index in [-0.39, 0.29) is 4.68 Å². The van der Waals surface area contributed by atoms with Crippen molar-refractivity contribution in [3.63, 3.8) is 0 Å². The lowest BCUT2D eigenvalue weighted by Gasteiger charge is -2.14. The summed E-state index contributed by atoms with van der Waals surface area (Å²) in [7, 11) is -5.29. The molecule has 0 aliphatic carbocycles. The summed E-state index contributed by atoms with van der Waals surface area (Å²) in [4.78, 5) is 11.0. The van der Waals surface area contributed by atoms with Gasteiger partial charge in [0.05, 0.1) is 21.2 Å². The number of halogens is 8. The SMILES string of the molecule is O=C(NS(=O)(=O)c1ccccc1C(F)(F)F)c1nnn(-c2ccc(F)cc2Cl)c1C(F)(F)F. The predicted molar refractivity (Wildman–Crippen MR) is 97.4 cm³/mol. The van der Waals surface area contributed by atoms with Crippen molar-refractivity contribution in [3.8, 4) is 5.69 Å². The molecule has 0 unspecified atom stereocenters. The van der Waals surface area contributed by atoms with Crippen LogP contribution in [0.5, 0.6) is 0 Å². The van der Waals surface area contributed by atoms with E-state index in [1.54, 1.807) is 0 Å². The standard InChI is InChI=1S/C17H8ClF7N4O3S/c18-10-7-8(19)5-6-11(10)29-14(17(23,24)25)13(26-28-29)15(30)27-33(31,32)12-4-2-1-3-9(12)16(20,21)22/h1-7H,(H,27,30). The molecular weight excluding hydrogens is 509 g/mol. The first-order valence-electron chi connectivity index (χ1n) is 8.34. The minimum absolute atomic E-state index is 0.0208. The van der Waals surface area contributed by atoms with Gasteiger partial charge in [0.15, 0.2) is 11.4 Å². The van der Waals surface area contributed by atoms with E-state index in [2.05, 4.69) is 10.3 Å². The van der Waals surface area contributed by atoms with Crippen molar-refractivity contribution in [2.24, 2.45) is 0 Å². The van der Waals surface area contributed by atoms with Crippen LogP contribution in [0.4, 0.5) is 30.7 Å². The monoisotopic (exact) mass is 516 g/mol. The maximum Gasteiger partial charge on any atom is 0.435 e. The summed E-state index contributed by atoms with van der Waals surface area (Å²) >= 11 is 5.72. The van der Waals surface area contributed by atoms with Crippen LogP contribution in [0, 0.1) is 5.82 Å². The van der Waals surface area contributed by atoms with E-state index in [1.165, 1.54) is 0 Å². The fraction of sp³-hybridized carbons (Fsp3) is 0.118.